The van der Waals surface area contributed by atoms with Crippen LogP contribution in [0.2, 0.25) is 0 Å². The van der Waals surface area contributed by atoms with Crippen LogP contribution >= 0.6 is 0 Å². The zero-order valence-electron chi connectivity index (χ0n) is 22.6. The molecule has 9 nitrogen and oxygen atoms in total. The molecule has 0 aromatic carbocycles. The molecule has 12 heteroatoms. The summed E-state index contributed by atoms with van der Waals surface area (Å²) in [6, 6.07) is 0. The van der Waals surface area contributed by atoms with Crippen LogP contribution < -0.4 is 21.3 Å². The van der Waals surface area contributed by atoms with Gasteiger partial charge >= 0.3 is 0 Å². The highest BCUT2D eigenvalue weighted by molar-refractivity contribution is 6.12. The average molecular weight is 549 g/mol. The van der Waals surface area contributed by atoms with E-state index in [1.54, 1.807) is 4.68 Å². The molecule has 214 valence electrons. The van der Waals surface area contributed by atoms with E-state index in [0.717, 1.165) is 44.7 Å². The number of hydrogen-bond donors (Lipinski definition) is 3. The summed E-state index contributed by atoms with van der Waals surface area (Å²) in [5.74, 6) is -0.216. The number of alkyl halides is 3. The van der Waals surface area contributed by atoms with Crippen molar-refractivity contribution in [3.8, 4) is 0 Å². The maximum Gasteiger partial charge on any atom is 0.267 e. The summed E-state index contributed by atoms with van der Waals surface area (Å²) in [5.41, 5.74) is 5.76. The number of fused-ring (bicyclic) bond motifs is 2. The number of pyridine rings is 1. The fourth-order valence-corrected chi connectivity index (χ4v) is 6.34. The van der Waals surface area contributed by atoms with Crippen molar-refractivity contribution in [2.24, 2.45) is 0 Å². The number of likely N-dealkylation sites (N-methyl/N-ethyl adjacent to an activating group) is 1. The lowest BCUT2D eigenvalue weighted by Crippen LogP contribution is -2.51. The van der Waals surface area contributed by atoms with Gasteiger partial charge in [-0.05, 0) is 19.9 Å². The van der Waals surface area contributed by atoms with E-state index in [9.17, 15) is 13.6 Å². The Morgan fingerprint density at radius 1 is 1.08 bits per heavy atom. The first-order valence-electron chi connectivity index (χ1n) is 14.1. The molecule has 4 N–H and O–H groups in total. The zero-order valence-corrected chi connectivity index (χ0v) is 22.6. The molecule has 2 aromatic rings. The minimum atomic E-state index is -2.76. The molecule has 2 aromatic heterocycles. The van der Waals surface area contributed by atoms with E-state index in [2.05, 4.69) is 25.6 Å². The van der Waals surface area contributed by atoms with E-state index >= 15 is 4.39 Å². The SMILES string of the molecule is CN1CCN(c2c(NC(=O)c3c(N)nn4c3NCC(F)C43CCCCCCCCC3)cncc2C(F)F)CC1. The van der Waals surface area contributed by atoms with E-state index < -0.39 is 24.0 Å². The molecule has 0 radical (unpaired) electrons. The van der Waals surface area contributed by atoms with Crippen LogP contribution in [0.4, 0.5) is 36.2 Å². The molecule has 1 saturated heterocycles. The first-order chi connectivity index (χ1) is 18.8. The molecule has 1 atom stereocenters. The van der Waals surface area contributed by atoms with E-state index in [1.807, 2.05) is 11.9 Å². The topological polar surface area (TPSA) is 104 Å². The van der Waals surface area contributed by atoms with Gasteiger partial charge in [0.05, 0.1) is 28.7 Å². The number of carbonyl (C=O) groups is 1. The minimum absolute atomic E-state index is 0.0142. The standard InChI is InChI=1S/C27H39F3N8O/c1-36-11-13-37(14-12-36)22-18(23(29)30)15-32-16-19(22)34-26(39)21-24(31)35-38-25(21)33-17-20(28)27(38)9-7-5-3-2-4-6-8-10-27/h15-16,20,23,33H,2-14,17H2,1H3,(H2,31,35)(H,34,39). The van der Waals surface area contributed by atoms with Crippen LogP contribution in [0.5, 0.6) is 0 Å². The molecule has 2 aliphatic heterocycles. The highest BCUT2D eigenvalue weighted by Crippen LogP contribution is 2.44. The minimum Gasteiger partial charge on any atom is -0.381 e. The van der Waals surface area contributed by atoms with Crippen LogP contribution in [0, 0.1) is 0 Å². The number of anilines is 4. The zero-order chi connectivity index (χ0) is 27.6. The summed E-state index contributed by atoms with van der Waals surface area (Å²) in [6.07, 6.45) is 7.14. The maximum atomic E-state index is 15.7. The van der Waals surface area contributed by atoms with Gasteiger partial charge in [-0.25, -0.2) is 17.9 Å². The van der Waals surface area contributed by atoms with Gasteiger partial charge in [0.15, 0.2) is 5.82 Å². The summed E-state index contributed by atoms with van der Waals surface area (Å²) in [5, 5.41) is 10.4. The number of nitrogens with one attached hydrogen (secondary N) is 2. The van der Waals surface area contributed by atoms with Gasteiger partial charge in [-0.15, -0.1) is 0 Å². The number of halogens is 3. The second-order valence-corrected chi connectivity index (χ2v) is 11.1. The van der Waals surface area contributed by atoms with E-state index in [-0.39, 0.29) is 34.9 Å². The molecule has 1 amide bonds. The van der Waals surface area contributed by atoms with Gasteiger partial charge in [0, 0.05) is 38.9 Å². The van der Waals surface area contributed by atoms with Gasteiger partial charge in [0.2, 0.25) is 0 Å². The molecule has 3 aliphatic rings. The number of hydrogen-bond acceptors (Lipinski definition) is 7. The first-order valence-corrected chi connectivity index (χ1v) is 14.1. The van der Waals surface area contributed by atoms with Gasteiger partial charge < -0.3 is 26.2 Å². The largest absolute Gasteiger partial charge is 0.381 e. The lowest BCUT2D eigenvalue weighted by Gasteiger charge is -2.42. The van der Waals surface area contributed by atoms with Crippen LogP contribution in [0.25, 0.3) is 0 Å². The molecule has 1 aliphatic carbocycles. The number of amides is 1. The lowest BCUT2D eigenvalue weighted by atomic mass is 9.80. The van der Waals surface area contributed by atoms with Gasteiger partial charge in [-0.2, -0.15) is 5.10 Å². The molecule has 1 saturated carbocycles. The quantitative estimate of drug-likeness (QED) is 0.505. The maximum absolute atomic E-state index is 15.7. The lowest BCUT2D eigenvalue weighted by molar-refractivity contribution is 0.0721. The van der Waals surface area contributed by atoms with Crippen molar-refractivity contribution in [2.45, 2.75) is 75.9 Å². The Balaban J connectivity index is 1.48. The Hall–Kier alpha value is -3.02. The third-order valence-corrected chi connectivity index (χ3v) is 8.56. The summed E-state index contributed by atoms with van der Waals surface area (Å²) < 4.78 is 45.4. The highest BCUT2D eigenvalue weighted by atomic mass is 19.3. The number of rotatable bonds is 4. The van der Waals surface area contributed by atoms with Crippen LogP contribution in [0.15, 0.2) is 12.4 Å². The molecular weight excluding hydrogens is 509 g/mol. The van der Waals surface area contributed by atoms with Crippen molar-refractivity contribution in [3.05, 3.63) is 23.5 Å². The number of nitrogen functional groups attached to an aromatic ring is 1. The summed E-state index contributed by atoms with van der Waals surface area (Å²) in [6.45, 7) is 2.55. The normalized spacial score (nSPS) is 22.4. The van der Waals surface area contributed by atoms with Crippen molar-refractivity contribution in [2.75, 3.05) is 61.0 Å². The van der Waals surface area contributed by atoms with E-state index in [4.69, 9.17) is 5.73 Å². The average Bonchev–Trinajstić information content (AvgIpc) is 3.27. The Bertz CT molecular complexity index is 1150. The Kier molecular flexibility index (Phi) is 8.20. The van der Waals surface area contributed by atoms with Gasteiger partial charge in [-0.1, -0.05) is 44.9 Å². The Morgan fingerprint density at radius 3 is 2.36 bits per heavy atom. The van der Waals surface area contributed by atoms with Crippen LogP contribution in [0.3, 0.4) is 0 Å². The molecule has 2 fully saturated rings. The third-order valence-electron chi connectivity index (χ3n) is 8.56. The number of carbonyl (C=O) groups excluding carboxylic acids is 1. The first kappa shape index (κ1) is 27.5. The van der Waals surface area contributed by atoms with E-state index in [0.29, 0.717) is 44.8 Å². The van der Waals surface area contributed by atoms with Crippen LogP contribution in [-0.4, -0.2) is 71.5 Å². The molecule has 0 bridgehead atoms. The van der Waals surface area contributed by atoms with Crippen molar-refractivity contribution in [1.82, 2.24) is 19.7 Å². The predicted molar refractivity (Wildman–Crippen MR) is 146 cm³/mol. The molecule has 39 heavy (non-hydrogen) atoms. The molecular formula is C27H39F3N8O. The second-order valence-electron chi connectivity index (χ2n) is 11.1. The number of nitrogens with two attached hydrogens (primary N) is 1. The van der Waals surface area contributed by atoms with Gasteiger partial charge in [0.1, 0.15) is 17.6 Å². The summed E-state index contributed by atoms with van der Waals surface area (Å²) in [4.78, 5) is 21.7. The van der Waals surface area contributed by atoms with Gasteiger partial charge in [-0.3, -0.25) is 9.78 Å². The Morgan fingerprint density at radius 2 is 1.72 bits per heavy atom. The second kappa shape index (κ2) is 11.6. The summed E-state index contributed by atoms with van der Waals surface area (Å²) in [7, 11) is 1.98. The van der Waals surface area contributed by atoms with Crippen molar-refractivity contribution in [3.63, 3.8) is 0 Å². The van der Waals surface area contributed by atoms with Crippen LogP contribution in [-0.2, 0) is 5.54 Å². The molecule has 5 rings (SSSR count). The molecule has 1 unspecified atom stereocenters. The van der Waals surface area contributed by atoms with Crippen molar-refractivity contribution in [1.29, 1.82) is 0 Å². The van der Waals surface area contributed by atoms with Crippen molar-refractivity contribution >= 4 is 28.9 Å². The Labute approximate surface area is 227 Å². The third kappa shape index (κ3) is 5.39. The van der Waals surface area contributed by atoms with Crippen LogP contribution in [0.1, 0.15) is 80.1 Å². The molecule has 4 heterocycles. The predicted octanol–water partition coefficient (Wildman–Crippen LogP) is 4.79. The molecule has 1 spiro atoms. The van der Waals surface area contributed by atoms with Crippen molar-refractivity contribution < 1.29 is 18.0 Å². The summed E-state index contributed by atoms with van der Waals surface area (Å²) >= 11 is 0. The smallest absolute Gasteiger partial charge is 0.267 e. The fraction of sp³-hybridized carbons (Fsp3) is 0.667. The number of piperazine rings is 1. The van der Waals surface area contributed by atoms with Gasteiger partial charge in [0.25, 0.3) is 12.3 Å². The monoisotopic (exact) mass is 548 g/mol. The number of aromatic nitrogens is 3. The number of nitrogens with zero attached hydrogens (tertiary/aromatic N) is 5. The fourth-order valence-electron chi connectivity index (χ4n) is 6.34. The van der Waals surface area contributed by atoms with E-state index in [1.165, 1.54) is 12.6 Å². The highest BCUT2D eigenvalue weighted by Gasteiger charge is 2.47.